The summed E-state index contributed by atoms with van der Waals surface area (Å²) in [5.74, 6) is -0.326. The van der Waals surface area contributed by atoms with Crippen molar-refractivity contribution in [1.82, 2.24) is 19.7 Å². The maximum absolute atomic E-state index is 13.0. The number of halogens is 2. The van der Waals surface area contributed by atoms with E-state index in [0.29, 0.717) is 44.4 Å². The fraction of sp³-hybridized carbons (Fsp3) is 0.200. The molecule has 7 nitrogen and oxygen atoms in total. The number of hydrogen-bond acceptors (Lipinski definition) is 6. The van der Waals surface area contributed by atoms with Crippen LogP contribution in [0.25, 0.3) is 22.3 Å². The fourth-order valence-corrected chi connectivity index (χ4v) is 3.95. The van der Waals surface area contributed by atoms with Crippen LogP contribution in [0.4, 0.5) is 13.9 Å². The first-order valence-electron chi connectivity index (χ1n) is 8.95. The molecule has 0 aliphatic carbocycles. The average Bonchev–Trinajstić information content (AvgIpc) is 3.25. The maximum Gasteiger partial charge on any atom is 0.387 e. The summed E-state index contributed by atoms with van der Waals surface area (Å²) in [5, 5.41) is 9.81. The first-order chi connectivity index (χ1) is 14.3. The number of anilines is 1. The summed E-state index contributed by atoms with van der Waals surface area (Å²) in [7, 11) is 1.77. The van der Waals surface area contributed by atoms with Gasteiger partial charge in [0.15, 0.2) is 10.8 Å². The molecule has 0 aliphatic heterocycles. The van der Waals surface area contributed by atoms with Gasteiger partial charge in [0.05, 0.1) is 22.3 Å². The van der Waals surface area contributed by atoms with Gasteiger partial charge in [-0.2, -0.15) is 13.9 Å². The molecule has 4 rings (SSSR count). The number of nitrogens with one attached hydrogen (secondary N) is 1. The highest BCUT2D eigenvalue weighted by Gasteiger charge is 2.19. The molecule has 0 atom stereocenters. The lowest BCUT2D eigenvalue weighted by Gasteiger charge is -2.08. The van der Waals surface area contributed by atoms with Crippen LogP contribution in [0.5, 0.6) is 5.75 Å². The Morgan fingerprint density at radius 2 is 2.00 bits per heavy atom. The molecule has 0 unspecified atom stereocenters. The minimum atomic E-state index is -2.94. The molecule has 1 amide bonds. The summed E-state index contributed by atoms with van der Waals surface area (Å²) in [6, 6.07) is 8.08. The molecule has 3 aromatic heterocycles. The Kier molecular flexibility index (Phi) is 5.17. The van der Waals surface area contributed by atoms with E-state index in [4.69, 9.17) is 0 Å². The molecule has 0 spiro atoms. The topological polar surface area (TPSA) is 81.9 Å². The van der Waals surface area contributed by atoms with Crippen molar-refractivity contribution in [3.63, 3.8) is 0 Å². The molecule has 1 aromatic carbocycles. The third-order valence-corrected chi connectivity index (χ3v) is 5.20. The molecule has 0 bridgehead atoms. The number of alkyl halides is 2. The molecular formula is C20H17F2N5O2S. The van der Waals surface area contributed by atoms with Gasteiger partial charge in [0.1, 0.15) is 5.75 Å². The van der Waals surface area contributed by atoms with Crippen LogP contribution in [0, 0.1) is 13.8 Å². The van der Waals surface area contributed by atoms with E-state index >= 15 is 0 Å². The number of para-hydroxylation sites is 1. The van der Waals surface area contributed by atoms with Crippen molar-refractivity contribution in [2.45, 2.75) is 20.5 Å². The van der Waals surface area contributed by atoms with Gasteiger partial charge in [0.2, 0.25) is 0 Å². The zero-order chi connectivity index (χ0) is 21.4. The lowest BCUT2D eigenvalue weighted by molar-refractivity contribution is -0.0494. The number of benzene rings is 1. The number of fused-ring (bicyclic) bond motifs is 1. The second-order valence-electron chi connectivity index (χ2n) is 6.59. The first-order valence-corrected chi connectivity index (χ1v) is 9.83. The molecule has 3 heterocycles. The number of hydrogen-bond donors (Lipinski definition) is 1. The molecule has 30 heavy (non-hydrogen) atoms. The summed E-state index contributed by atoms with van der Waals surface area (Å²) in [5.41, 5.74) is 3.30. The van der Waals surface area contributed by atoms with E-state index in [0.717, 1.165) is 0 Å². The molecule has 1 N–H and O–H groups in total. The van der Waals surface area contributed by atoms with Crippen molar-refractivity contribution in [3.05, 3.63) is 52.7 Å². The van der Waals surface area contributed by atoms with Gasteiger partial charge < -0.3 is 4.74 Å². The predicted octanol–water partition coefficient (Wildman–Crippen LogP) is 4.56. The van der Waals surface area contributed by atoms with Gasteiger partial charge >= 0.3 is 6.61 Å². The Bertz CT molecular complexity index is 1250. The van der Waals surface area contributed by atoms with E-state index in [-0.39, 0.29) is 11.7 Å². The number of carbonyl (C=O) groups excluding carboxylic acids is 1. The van der Waals surface area contributed by atoms with Crippen molar-refractivity contribution in [2.75, 3.05) is 5.32 Å². The van der Waals surface area contributed by atoms with Crippen LogP contribution in [-0.4, -0.2) is 32.3 Å². The fourth-order valence-electron chi connectivity index (χ4n) is 3.25. The summed E-state index contributed by atoms with van der Waals surface area (Å²) in [6.45, 7) is 0.682. The Labute approximate surface area is 174 Å². The molecule has 0 radical (unpaired) electrons. The number of aryl methyl sites for hydroxylation is 3. The molecule has 0 saturated carbocycles. The Balaban J connectivity index is 1.64. The van der Waals surface area contributed by atoms with Gasteiger partial charge in [0, 0.05) is 23.7 Å². The van der Waals surface area contributed by atoms with Crippen LogP contribution in [0.3, 0.4) is 0 Å². The zero-order valence-corrected chi connectivity index (χ0v) is 17.1. The Hall–Kier alpha value is -3.40. The Morgan fingerprint density at radius 1 is 1.23 bits per heavy atom. The molecule has 0 aliphatic rings. The average molecular weight is 429 g/mol. The lowest BCUT2D eigenvalue weighted by Crippen LogP contribution is -2.13. The minimum Gasteiger partial charge on any atom is -0.434 e. The van der Waals surface area contributed by atoms with Crippen LogP contribution in [0.15, 0.2) is 35.7 Å². The SMILES string of the molecule is Cc1cc(C(=O)Nc2nc(-c3ccccc3OC(F)F)cs2)c2c(C)nn(C)c2n1. The van der Waals surface area contributed by atoms with Gasteiger partial charge in [-0.15, -0.1) is 11.3 Å². The number of pyridine rings is 1. The third kappa shape index (κ3) is 3.73. The van der Waals surface area contributed by atoms with Crippen molar-refractivity contribution in [1.29, 1.82) is 0 Å². The molecule has 4 aromatic rings. The second kappa shape index (κ2) is 7.79. The van der Waals surface area contributed by atoms with Crippen LogP contribution in [0.1, 0.15) is 21.7 Å². The maximum atomic E-state index is 13.0. The van der Waals surface area contributed by atoms with E-state index in [2.05, 4.69) is 25.1 Å². The van der Waals surface area contributed by atoms with Crippen LogP contribution in [0.2, 0.25) is 0 Å². The minimum absolute atomic E-state index is 0.0214. The van der Waals surface area contributed by atoms with Crippen molar-refractivity contribution in [2.24, 2.45) is 7.05 Å². The van der Waals surface area contributed by atoms with Crippen molar-refractivity contribution in [3.8, 4) is 17.0 Å². The highest BCUT2D eigenvalue weighted by Crippen LogP contribution is 2.33. The summed E-state index contributed by atoms with van der Waals surface area (Å²) >= 11 is 1.19. The lowest BCUT2D eigenvalue weighted by atomic mass is 10.1. The molecular weight excluding hydrogens is 412 g/mol. The van der Waals surface area contributed by atoms with Gasteiger partial charge in [-0.1, -0.05) is 12.1 Å². The quantitative estimate of drug-likeness (QED) is 0.503. The first kappa shape index (κ1) is 19.9. The highest BCUT2D eigenvalue weighted by molar-refractivity contribution is 7.14. The van der Waals surface area contributed by atoms with Gasteiger partial charge in [-0.25, -0.2) is 9.97 Å². The molecule has 154 valence electrons. The number of carbonyl (C=O) groups is 1. The summed E-state index contributed by atoms with van der Waals surface area (Å²) in [4.78, 5) is 21.8. The van der Waals surface area contributed by atoms with Crippen LogP contribution < -0.4 is 10.1 Å². The van der Waals surface area contributed by atoms with Gasteiger partial charge in [-0.05, 0) is 32.0 Å². The van der Waals surface area contributed by atoms with E-state index in [9.17, 15) is 13.6 Å². The monoisotopic (exact) mass is 429 g/mol. The number of thiazole rings is 1. The third-order valence-electron chi connectivity index (χ3n) is 4.45. The predicted molar refractivity (Wildman–Crippen MR) is 110 cm³/mol. The number of rotatable bonds is 5. The van der Waals surface area contributed by atoms with Crippen LogP contribution in [-0.2, 0) is 7.05 Å². The molecule has 0 fully saturated rings. The second-order valence-corrected chi connectivity index (χ2v) is 7.44. The van der Waals surface area contributed by atoms with Crippen molar-refractivity contribution < 1.29 is 18.3 Å². The number of amides is 1. The largest absolute Gasteiger partial charge is 0.434 e. The van der Waals surface area contributed by atoms with Gasteiger partial charge in [-0.3, -0.25) is 14.8 Å². The van der Waals surface area contributed by atoms with E-state index in [1.54, 1.807) is 48.3 Å². The Morgan fingerprint density at radius 3 is 2.77 bits per heavy atom. The molecule has 10 heteroatoms. The highest BCUT2D eigenvalue weighted by atomic mass is 32.1. The normalized spacial score (nSPS) is 11.3. The number of nitrogens with zero attached hydrogens (tertiary/aromatic N) is 4. The number of ether oxygens (including phenoxy) is 1. The summed E-state index contributed by atoms with van der Waals surface area (Å²) < 4.78 is 31.5. The zero-order valence-electron chi connectivity index (χ0n) is 16.3. The standard InChI is InChI=1S/C20H17F2N5O2S/c1-10-8-13(16-11(2)26-27(3)17(16)23-10)18(28)25-20-24-14(9-30-20)12-6-4-5-7-15(12)29-19(21)22/h4-9,19H,1-3H3,(H,24,25,28). The summed E-state index contributed by atoms with van der Waals surface area (Å²) in [6.07, 6.45) is 0. The molecule has 0 saturated heterocycles. The van der Waals surface area contributed by atoms with E-state index in [1.165, 1.54) is 17.4 Å². The van der Waals surface area contributed by atoms with E-state index < -0.39 is 6.61 Å². The van der Waals surface area contributed by atoms with Crippen molar-refractivity contribution >= 4 is 33.4 Å². The van der Waals surface area contributed by atoms with Crippen LogP contribution >= 0.6 is 11.3 Å². The smallest absolute Gasteiger partial charge is 0.387 e. The van der Waals surface area contributed by atoms with E-state index in [1.807, 2.05) is 6.92 Å². The van der Waals surface area contributed by atoms with Gasteiger partial charge in [0.25, 0.3) is 5.91 Å². The number of aromatic nitrogens is 4.